The van der Waals surface area contributed by atoms with Gasteiger partial charge in [0.05, 0.1) is 0 Å². The molecule has 0 fully saturated rings. The Kier molecular flexibility index (Phi) is 5.96. The molecule has 3 N–H and O–H groups in total. The van der Waals surface area contributed by atoms with Crippen molar-refractivity contribution in [2.24, 2.45) is 0 Å². The lowest BCUT2D eigenvalue weighted by Crippen LogP contribution is -2.27. The Morgan fingerprint density at radius 2 is 2.04 bits per heavy atom. The number of benzene rings is 1. The van der Waals surface area contributed by atoms with Crippen molar-refractivity contribution in [1.29, 1.82) is 0 Å². The van der Waals surface area contributed by atoms with E-state index in [4.69, 9.17) is 4.74 Å². The number of halogens is 2. The summed E-state index contributed by atoms with van der Waals surface area (Å²) in [5.41, 5.74) is 0.172. The molecule has 0 saturated heterocycles. The van der Waals surface area contributed by atoms with Crippen LogP contribution in [-0.4, -0.2) is 47.5 Å². The van der Waals surface area contributed by atoms with Gasteiger partial charge in [-0.1, -0.05) is 0 Å². The van der Waals surface area contributed by atoms with Crippen molar-refractivity contribution >= 4 is 11.7 Å². The van der Waals surface area contributed by atoms with E-state index < -0.39 is 17.7 Å². The van der Waals surface area contributed by atoms with E-state index in [1.54, 1.807) is 6.07 Å². The number of carbonyl (C=O) groups is 1. The molecule has 2 rings (SSSR count). The summed E-state index contributed by atoms with van der Waals surface area (Å²) in [6, 6.07) is 6.14. The van der Waals surface area contributed by atoms with Crippen LogP contribution in [0.1, 0.15) is 10.5 Å². The Bertz CT molecular complexity index is 698. The molecule has 7 nitrogen and oxygen atoms in total. The molecule has 9 heteroatoms. The normalized spacial score (nSPS) is 11.7. The maximum Gasteiger partial charge on any atom is 0.271 e. The monoisotopic (exact) mass is 338 g/mol. The third-order valence-electron chi connectivity index (χ3n) is 2.98. The van der Waals surface area contributed by atoms with E-state index >= 15 is 0 Å². The number of ether oxygens (including phenoxy) is 1. The minimum atomic E-state index is -1.02. The van der Waals surface area contributed by atoms with Gasteiger partial charge in [-0.15, -0.1) is 10.2 Å². The summed E-state index contributed by atoms with van der Waals surface area (Å²) in [6.07, 6.45) is -0.918. The lowest BCUT2D eigenvalue weighted by Gasteiger charge is -2.13. The van der Waals surface area contributed by atoms with Gasteiger partial charge < -0.3 is 20.5 Å². The SMILES string of the molecule is CNC(=O)c1ccc(NCC(O)COc2ccc(F)c(F)c2)nn1. The van der Waals surface area contributed by atoms with Crippen molar-refractivity contribution in [3.63, 3.8) is 0 Å². The fourth-order valence-corrected chi connectivity index (χ4v) is 1.72. The van der Waals surface area contributed by atoms with Gasteiger partial charge >= 0.3 is 0 Å². The van der Waals surface area contributed by atoms with Crippen molar-refractivity contribution in [3.05, 3.63) is 47.7 Å². The molecule has 1 heterocycles. The van der Waals surface area contributed by atoms with Crippen molar-refractivity contribution in [2.45, 2.75) is 6.10 Å². The number of amides is 1. The highest BCUT2D eigenvalue weighted by molar-refractivity contribution is 5.91. The molecule has 0 aliphatic rings. The van der Waals surface area contributed by atoms with Gasteiger partial charge in [0.25, 0.3) is 5.91 Å². The first-order valence-electron chi connectivity index (χ1n) is 7.05. The first-order chi connectivity index (χ1) is 11.5. The van der Waals surface area contributed by atoms with Crippen LogP contribution in [0.5, 0.6) is 5.75 Å². The molecular formula is C15H16F2N4O3. The Morgan fingerprint density at radius 3 is 2.67 bits per heavy atom. The van der Waals surface area contributed by atoms with Gasteiger partial charge in [-0.05, 0) is 24.3 Å². The van der Waals surface area contributed by atoms with E-state index in [1.807, 2.05) is 0 Å². The number of aliphatic hydroxyl groups is 1. The molecule has 0 aliphatic carbocycles. The maximum atomic E-state index is 13.0. The Balaban J connectivity index is 1.79. The fourth-order valence-electron chi connectivity index (χ4n) is 1.72. The van der Waals surface area contributed by atoms with E-state index in [2.05, 4.69) is 20.8 Å². The topological polar surface area (TPSA) is 96.4 Å². The zero-order chi connectivity index (χ0) is 17.5. The van der Waals surface area contributed by atoms with Gasteiger partial charge in [-0.25, -0.2) is 8.78 Å². The van der Waals surface area contributed by atoms with Crippen LogP contribution >= 0.6 is 0 Å². The van der Waals surface area contributed by atoms with E-state index in [0.29, 0.717) is 5.82 Å². The van der Waals surface area contributed by atoms with Gasteiger partial charge in [0.2, 0.25) is 0 Å². The summed E-state index contributed by atoms with van der Waals surface area (Å²) in [5.74, 6) is -1.86. The number of hydrogen-bond donors (Lipinski definition) is 3. The average molecular weight is 338 g/mol. The number of aliphatic hydroxyl groups excluding tert-OH is 1. The molecule has 2 aromatic rings. The largest absolute Gasteiger partial charge is 0.491 e. The van der Waals surface area contributed by atoms with Crippen LogP contribution in [0.2, 0.25) is 0 Å². The lowest BCUT2D eigenvalue weighted by molar-refractivity contribution is 0.0957. The number of aromatic nitrogens is 2. The number of rotatable bonds is 7. The first-order valence-corrected chi connectivity index (χ1v) is 7.05. The molecule has 0 saturated carbocycles. The Morgan fingerprint density at radius 1 is 1.25 bits per heavy atom. The summed E-state index contributed by atoms with van der Waals surface area (Å²) >= 11 is 0. The highest BCUT2D eigenvalue weighted by Gasteiger charge is 2.09. The van der Waals surface area contributed by atoms with Crippen LogP contribution in [0.3, 0.4) is 0 Å². The van der Waals surface area contributed by atoms with Crippen LogP contribution in [-0.2, 0) is 0 Å². The molecule has 0 spiro atoms. The third kappa shape index (κ3) is 4.85. The predicted molar refractivity (Wildman–Crippen MR) is 81.8 cm³/mol. The molecule has 1 aromatic carbocycles. The summed E-state index contributed by atoms with van der Waals surface area (Å²) in [4.78, 5) is 11.3. The van der Waals surface area contributed by atoms with E-state index in [1.165, 1.54) is 19.2 Å². The highest BCUT2D eigenvalue weighted by atomic mass is 19.2. The van der Waals surface area contributed by atoms with Crippen LogP contribution in [0.4, 0.5) is 14.6 Å². The van der Waals surface area contributed by atoms with Gasteiger partial charge in [-0.2, -0.15) is 0 Å². The van der Waals surface area contributed by atoms with Crippen molar-refractivity contribution in [3.8, 4) is 5.75 Å². The van der Waals surface area contributed by atoms with E-state index in [9.17, 15) is 18.7 Å². The van der Waals surface area contributed by atoms with Crippen LogP contribution in [0, 0.1) is 11.6 Å². The summed E-state index contributed by atoms with van der Waals surface area (Å²) in [5, 5.41) is 22.6. The van der Waals surface area contributed by atoms with Gasteiger partial charge in [0, 0.05) is 19.7 Å². The van der Waals surface area contributed by atoms with Crippen molar-refractivity contribution in [2.75, 3.05) is 25.5 Å². The van der Waals surface area contributed by atoms with E-state index in [-0.39, 0.29) is 30.5 Å². The summed E-state index contributed by atoms with van der Waals surface area (Å²) < 4.78 is 31.0. The van der Waals surface area contributed by atoms with Crippen molar-refractivity contribution in [1.82, 2.24) is 15.5 Å². The smallest absolute Gasteiger partial charge is 0.271 e. The van der Waals surface area contributed by atoms with Crippen LogP contribution < -0.4 is 15.4 Å². The molecule has 128 valence electrons. The molecular weight excluding hydrogens is 322 g/mol. The molecule has 1 amide bonds. The second-order valence-corrected chi connectivity index (χ2v) is 4.80. The molecule has 24 heavy (non-hydrogen) atoms. The predicted octanol–water partition coefficient (Wildman–Crippen LogP) is 0.966. The minimum absolute atomic E-state index is 0.0949. The summed E-state index contributed by atoms with van der Waals surface area (Å²) in [7, 11) is 1.49. The van der Waals surface area contributed by atoms with Gasteiger partial charge in [0.1, 0.15) is 24.3 Å². The zero-order valence-electron chi connectivity index (χ0n) is 12.8. The quantitative estimate of drug-likeness (QED) is 0.696. The second kappa shape index (κ2) is 8.16. The molecule has 1 atom stereocenters. The highest BCUT2D eigenvalue weighted by Crippen LogP contribution is 2.15. The minimum Gasteiger partial charge on any atom is -0.491 e. The average Bonchev–Trinajstić information content (AvgIpc) is 2.60. The maximum absolute atomic E-state index is 13.0. The van der Waals surface area contributed by atoms with Gasteiger partial charge in [-0.3, -0.25) is 4.79 Å². The molecule has 0 aliphatic heterocycles. The number of nitrogens with one attached hydrogen (secondary N) is 2. The summed E-state index contributed by atoms with van der Waals surface area (Å²) in [6.45, 7) is -0.0283. The molecule has 0 radical (unpaired) electrons. The number of nitrogens with zero attached hydrogens (tertiary/aromatic N) is 2. The zero-order valence-corrected chi connectivity index (χ0v) is 12.8. The fraction of sp³-hybridized carbons (Fsp3) is 0.267. The van der Waals surface area contributed by atoms with Crippen LogP contribution in [0.15, 0.2) is 30.3 Å². The number of hydrogen-bond acceptors (Lipinski definition) is 6. The molecule has 1 unspecified atom stereocenters. The molecule has 0 bridgehead atoms. The van der Waals surface area contributed by atoms with Crippen molar-refractivity contribution < 1.29 is 23.4 Å². The van der Waals surface area contributed by atoms with E-state index in [0.717, 1.165) is 12.1 Å². The lowest BCUT2D eigenvalue weighted by atomic mass is 10.3. The standard InChI is InChI=1S/C15H16F2N4O3/c1-18-15(23)13-4-5-14(21-20-13)19-7-9(22)8-24-10-2-3-11(16)12(17)6-10/h2-6,9,22H,7-8H2,1H3,(H,18,23)(H,19,21). The number of carbonyl (C=O) groups excluding carboxylic acids is 1. The van der Waals surface area contributed by atoms with Crippen LogP contribution in [0.25, 0.3) is 0 Å². The third-order valence-corrected chi connectivity index (χ3v) is 2.98. The first kappa shape index (κ1) is 17.5. The Hall–Kier alpha value is -2.81. The van der Waals surface area contributed by atoms with Gasteiger partial charge in [0.15, 0.2) is 17.3 Å². The Labute approximate surface area is 136 Å². The second-order valence-electron chi connectivity index (χ2n) is 4.80. The number of anilines is 1. The molecule has 1 aromatic heterocycles.